The van der Waals surface area contributed by atoms with Gasteiger partial charge >= 0.3 is 19.8 Å². The predicted octanol–water partition coefficient (Wildman–Crippen LogP) is 24.1. The molecule has 0 bridgehead atoms. The third kappa shape index (κ3) is 70.0. The molecule has 0 saturated heterocycles. The van der Waals surface area contributed by atoms with E-state index in [4.69, 9.17) is 18.5 Å². The van der Waals surface area contributed by atoms with Gasteiger partial charge in [0, 0.05) is 12.8 Å². The Morgan fingerprint density at radius 3 is 0.771 bits per heavy atom. The molecule has 0 saturated carbocycles. The average molecular weight is 1200 g/mol. The first-order valence-electron chi connectivity index (χ1n) is 37.3. The zero-order valence-corrected chi connectivity index (χ0v) is 57.6. The fourth-order valence-corrected chi connectivity index (χ4v) is 12.4. The van der Waals surface area contributed by atoms with Crippen LogP contribution >= 0.6 is 7.82 Å². The Hall–Kier alpha value is -0.990. The van der Waals surface area contributed by atoms with Crippen LogP contribution in [-0.4, -0.2) is 74.9 Å². The number of ether oxygens (including phenoxy) is 2. The lowest BCUT2D eigenvalue weighted by Gasteiger charge is -2.24. The van der Waals surface area contributed by atoms with Gasteiger partial charge in [0.25, 0.3) is 0 Å². The van der Waals surface area contributed by atoms with E-state index in [0.29, 0.717) is 17.4 Å². The second-order valence-electron chi connectivity index (χ2n) is 27.1. The van der Waals surface area contributed by atoms with Crippen LogP contribution in [0.2, 0.25) is 0 Å². The second kappa shape index (κ2) is 65.5. The molecule has 0 aromatic rings. The molecule has 0 spiro atoms. The zero-order valence-electron chi connectivity index (χ0n) is 56.7. The Balaban J connectivity index is 3.89. The molecule has 9 nitrogen and oxygen atoms in total. The molecule has 0 amide bonds. The Kier molecular flexibility index (Phi) is 64.7. The van der Waals surface area contributed by atoms with Crippen LogP contribution in [0.25, 0.3) is 0 Å². The summed E-state index contributed by atoms with van der Waals surface area (Å²) < 4.78 is 34.8. The van der Waals surface area contributed by atoms with Crippen molar-refractivity contribution in [2.45, 2.75) is 412 Å². The van der Waals surface area contributed by atoms with Crippen LogP contribution in [0, 0.1) is 0 Å². The van der Waals surface area contributed by atoms with Crippen molar-refractivity contribution in [2.75, 3.05) is 47.5 Å². The van der Waals surface area contributed by atoms with Gasteiger partial charge in [0.05, 0.1) is 27.7 Å². The van der Waals surface area contributed by atoms with E-state index in [0.717, 1.165) is 38.5 Å². The van der Waals surface area contributed by atoms with Crippen molar-refractivity contribution in [1.82, 2.24) is 0 Å². The van der Waals surface area contributed by atoms with E-state index in [1.807, 2.05) is 21.1 Å². The highest BCUT2D eigenvalue weighted by atomic mass is 31.2. The molecule has 0 aliphatic heterocycles. The molecule has 0 heterocycles. The molecule has 10 heteroatoms. The monoisotopic (exact) mass is 1200 g/mol. The van der Waals surface area contributed by atoms with Gasteiger partial charge in [-0.3, -0.25) is 18.6 Å². The van der Waals surface area contributed by atoms with Crippen molar-refractivity contribution >= 4 is 19.8 Å². The number of hydrogen-bond acceptors (Lipinski definition) is 7. The standard InChI is InChI=1S/C73H146NO8P/c1-6-8-10-12-14-16-18-20-22-24-26-28-30-31-32-33-34-35-36-37-38-39-40-41-42-43-44-46-48-50-52-54-56-58-60-62-64-66-73(76)82-71(70-81-83(77,78)80-68-67-74(3,4)5)69-79-72(75)65-63-61-59-57-55-53-51-49-47-45-29-27-25-23-21-19-17-15-13-11-9-7-2/h71H,6-70H2,1-5H3/p+1. The maximum absolute atomic E-state index is 12.9. The quantitative estimate of drug-likeness (QED) is 0.0278. The molecule has 0 radical (unpaired) electrons. The van der Waals surface area contributed by atoms with Crippen molar-refractivity contribution in [3.8, 4) is 0 Å². The Morgan fingerprint density at radius 2 is 0.542 bits per heavy atom. The summed E-state index contributed by atoms with van der Waals surface area (Å²) in [6.45, 7) is 4.53. The molecule has 0 aliphatic carbocycles. The summed E-state index contributed by atoms with van der Waals surface area (Å²) in [5, 5.41) is 0. The lowest BCUT2D eigenvalue weighted by Crippen LogP contribution is -2.37. The normalized spacial score (nSPS) is 13.0. The number of phosphoric acid groups is 1. The van der Waals surface area contributed by atoms with Crippen molar-refractivity contribution in [3.05, 3.63) is 0 Å². The fraction of sp³-hybridized carbons (Fsp3) is 0.973. The summed E-state index contributed by atoms with van der Waals surface area (Å²) in [5.74, 6) is -0.767. The first-order chi connectivity index (χ1) is 40.5. The van der Waals surface area contributed by atoms with Gasteiger partial charge in [-0.1, -0.05) is 380 Å². The summed E-state index contributed by atoms with van der Waals surface area (Å²) in [5.41, 5.74) is 0. The van der Waals surface area contributed by atoms with Gasteiger partial charge in [-0.2, -0.15) is 0 Å². The summed E-state index contributed by atoms with van der Waals surface area (Å²) in [6.07, 6.45) is 79.6. The summed E-state index contributed by atoms with van der Waals surface area (Å²) in [7, 11) is 1.51. The van der Waals surface area contributed by atoms with Crippen LogP contribution in [0.4, 0.5) is 0 Å². The number of hydrogen-bond donors (Lipinski definition) is 1. The zero-order chi connectivity index (χ0) is 60.5. The maximum Gasteiger partial charge on any atom is 0.472 e. The van der Waals surface area contributed by atoms with Crippen LogP contribution in [0.1, 0.15) is 406 Å². The number of esters is 2. The molecule has 83 heavy (non-hydrogen) atoms. The lowest BCUT2D eigenvalue weighted by atomic mass is 10.0. The number of phosphoric ester groups is 1. The van der Waals surface area contributed by atoms with E-state index in [1.165, 1.54) is 340 Å². The summed E-state index contributed by atoms with van der Waals surface area (Å²) in [4.78, 5) is 35.9. The van der Waals surface area contributed by atoms with Gasteiger partial charge in [0.15, 0.2) is 6.10 Å². The first kappa shape index (κ1) is 82.0. The summed E-state index contributed by atoms with van der Waals surface area (Å²) in [6, 6.07) is 0. The van der Waals surface area contributed by atoms with E-state index < -0.39 is 26.5 Å². The van der Waals surface area contributed by atoms with Crippen LogP contribution in [0.3, 0.4) is 0 Å². The second-order valence-corrected chi connectivity index (χ2v) is 28.5. The minimum Gasteiger partial charge on any atom is -0.462 e. The number of unbranched alkanes of at least 4 members (excludes halogenated alkanes) is 57. The van der Waals surface area contributed by atoms with Gasteiger partial charge < -0.3 is 18.9 Å². The van der Waals surface area contributed by atoms with E-state index in [2.05, 4.69) is 13.8 Å². The highest BCUT2D eigenvalue weighted by Crippen LogP contribution is 2.43. The predicted molar refractivity (Wildman–Crippen MR) is 358 cm³/mol. The summed E-state index contributed by atoms with van der Waals surface area (Å²) >= 11 is 0. The van der Waals surface area contributed by atoms with E-state index in [9.17, 15) is 19.0 Å². The van der Waals surface area contributed by atoms with Crippen molar-refractivity contribution < 1.29 is 42.1 Å². The molecule has 0 aliphatic rings. The van der Waals surface area contributed by atoms with Gasteiger partial charge in [-0.25, -0.2) is 4.57 Å². The largest absolute Gasteiger partial charge is 0.472 e. The van der Waals surface area contributed by atoms with Gasteiger partial charge in [0.1, 0.15) is 19.8 Å². The Bertz CT molecular complexity index is 1360. The number of rotatable bonds is 71. The van der Waals surface area contributed by atoms with Crippen molar-refractivity contribution in [2.24, 2.45) is 0 Å². The number of likely N-dealkylation sites (N-methyl/N-ethyl adjacent to an activating group) is 1. The van der Waals surface area contributed by atoms with E-state index >= 15 is 0 Å². The molecular formula is C73H147NO8P+. The maximum atomic E-state index is 12.9. The number of carbonyl (C=O) groups is 2. The van der Waals surface area contributed by atoms with Crippen LogP contribution in [0.15, 0.2) is 0 Å². The minimum atomic E-state index is -4.38. The van der Waals surface area contributed by atoms with Gasteiger partial charge in [-0.15, -0.1) is 0 Å². The minimum absolute atomic E-state index is 0.0377. The first-order valence-corrected chi connectivity index (χ1v) is 38.8. The fourth-order valence-electron chi connectivity index (χ4n) is 11.7. The van der Waals surface area contributed by atoms with E-state index in [1.54, 1.807) is 0 Å². The molecule has 2 atom stereocenters. The number of carbonyl (C=O) groups excluding carboxylic acids is 2. The highest BCUT2D eigenvalue weighted by molar-refractivity contribution is 7.47. The number of quaternary nitrogens is 1. The van der Waals surface area contributed by atoms with E-state index in [-0.39, 0.29) is 25.6 Å². The SMILES string of the molecule is CCCCCCCCCCCCCCCCCCCCCCCCCCCCCCCCCCCCCCCC(=O)OC(COC(=O)CCCCCCCCCCCCCCCCCCCCCCCC)COP(=O)(O)OCC[N+](C)(C)C. The van der Waals surface area contributed by atoms with Crippen molar-refractivity contribution in [1.29, 1.82) is 0 Å². The molecule has 0 rings (SSSR count). The molecule has 0 aromatic heterocycles. The van der Waals surface area contributed by atoms with Crippen LogP contribution < -0.4 is 0 Å². The molecule has 0 fully saturated rings. The smallest absolute Gasteiger partial charge is 0.462 e. The third-order valence-corrected chi connectivity index (χ3v) is 18.4. The molecule has 496 valence electrons. The molecule has 2 unspecified atom stereocenters. The van der Waals surface area contributed by atoms with Crippen LogP contribution in [-0.2, 0) is 32.7 Å². The Labute approximate surface area is 518 Å². The highest BCUT2D eigenvalue weighted by Gasteiger charge is 2.27. The number of nitrogens with zero attached hydrogens (tertiary/aromatic N) is 1. The third-order valence-electron chi connectivity index (χ3n) is 17.4. The van der Waals surface area contributed by atoms with Crippen molar-refractivity contribution in [3.63, 3.8) is 0 Å². The van der Waals surface area contributed by atoms with Gasteiger partial charge in [-0.05, 0) is 12.8 Å². The van der Waals surface area contributed by atoms with Crippen LogP contribution in [0.5, 0.6) is 0 Å². The van der Waals surface area contributed by atoms with Gasteiger partial charge in [0.2, 0.25) is 0 Å². The Morgan fingerprint density at radius 1 is 0.325 bits per heavy atom. The topological polar surface area (TPSA) is 108 Å². The lowest BCUT2D eigenvalue weighted by molar-refractivity contribution is -0.870. The average Bonchev–Trinajstić information content (AvgIpc) is 3.49. The molecule has 0 aromatic carbocycles. The molecule has 1 N–H and O–H groups in total. The molecular weight excluding hydrogens is 1050 g/mol.